The minimum Gasteiger partial charge on any atom is -0.493 e. The lowest BCUT2D eigenvalue weighted by Gasteiger charge is -2.23. The number of aromatic nitrogens is 2. The fourth-order valence-electron chi connectivity index (χ4n) is 3.33. The lowest BCUT2D eigenvalue weighted by Crippen LogP contribution is -2.19. The topological polar surface area (TPSA) is 53.1 Å². The SMILES string of the molecule is CCCn1ncc(OC)c1C(N)CCC1CCCCC1. The van der Waals surface area contributed by atoms with Crippen molar-refractivity contribution in [3.05, 3.63) is 11.9 Å². The second-order valence-corrected chi connectivity index (χ2v) is 6.01. The number of nitrogens with two attached hydrogens (primary N) is 1. The highest BCUT2D eigenvalue weighted by Gasteiger charge is 2.21. The summed E-state index contributed by atoms with van der Waals surface area (Å²) in [5.74, 6) is 1.72. The predicted molar refractivity (Wildman–Crippen MR) is 81.8 cm³/mol. The lowest BCUT2D eigenvalue weighted by atomic mass is 9.85. The zero-order valence-electron chi connectivity index (χ0n) is 13.0. The van der Waals surface area contributed by atoms with Gasteiger partial charge in [-0.2, -0.15) is 5.10 Å². The maximum Gasteiger partial charge on any atom is 0.161 e. The normalized spacial score (nSPS) is 18.1. The van der Waals surface area contributed by atoms with Gasteiger partial charge in [-0.15, -0.1) is 0 Å². The van der Waals surface area contributed by atoms with E-state index in [2.05, 4.69) is 12.0 Å². The fraction of sp³-hybridized carbons (Fsp3) is 0.812. The van der Waals surface area contributed by atoms with Crippen LogP contribution in [0.1, 0.15) is 70.0 Å². The molecule has 4 nitrogen and oxygen atoms in total. The Morgan fingerprint density at radius 1 is 1.40 bits per heavy atom. The highest BCUT2D eigenvalue weighted by Crippen LogP contribution is 2.32. The van der Waals surface area contributed by atoms with Gasteiger partial charge < -0.3 is 10.5 Å². The van der Waals surface area contributed by atoms with Gasteiger partial charge in [-0.1, -0.05) is 39.0 Å². The number of nitrogens with zero attached hydrogens (tertiary/aromatic N) is 2. The molecule has 0 spiro atoms. The van der Waals surface area contributed by atoms with E-state index in [4.69, 9.17) is 10.5 Å². The van der Waals surface area contributed by atoms with Gasteiger partial charge in [0.15, 0.2) is 5.75 Å². The lowest BCUT2D eigenvalue weighted by molar-refractivity contribution is 0.319. The molecule has 1 heterocycles. The molecule has 114 valence electrons. The van der Waals surface area contributed by atoms with Gasteiger partial charge in [0.05, 0.1) is 25.0 Å². The van der Waals surface area contributed by atoms with E-state index in [9.17, 15) is 0 Å². The molecule has 2 rings (SSSR count). The highest BCUT2D eigenvalue weighted by molar-refractivity contribution is 5.28. The highest BCUT2D eigenvalue weighted by atomic mass is 16.5. The number of ether oxygens (including phenoxy) is 1. The molecule has 0 aromatic carbocycles. The molecule has 0 radical (unpaired) electrons. The molecule has 0 bridgehead atoms. The second kappa shape index (κ2) is 7.67. The molecule has 1 aromatic heterocycles. The largest absolute Gasteiger partial charge is 0.493 e. The van der Waals surface area contributed by atoms with Gasteiger partial charge in [0.2, 0.25) is 0 Å². The van der Waals surface area contributed by atoms with E-state index in [0.717, 1.165) is 36.7 Å². The van der Waals surface area contributed by atoms with Crippen molar-refractivity contribution in [1.29, 1.82) is 0 Å². The first-order valence-electron chi connectivity index (χ1n) is 8.11. The molecule has 1 atom stereocenters. The van der Waals surface area contributed by atoms with E-state index < -0.39 is 0 Å². The molecular formula is C16H29N3O. The van der Waals surface area contributed by atoms with Crippen LogP contribution in [0.5, 0.6) is 5.75 Å². The Balaban J connectivity index is 1.96. The van der Waals surface area contributed by atoms with Crippen LogP contribution in [0.2, 0.25) is 0 Å². The molecule has 1 fully saturated rings. The zero-order valence-corrected chi connectivity index (χ0v) is 13.0. The molecule has 1 aliphatic carbocycles. The average Bonchev–Trinajstić information content (AvgIpc) is 2.89. The number of rotatable bonds is 7. The van der Waals surface area contributed by atoms with Crippen molar-refractivity contribution in [2.24, 2.45) is 11.7 Å². The molecule has 2 N–H and O–H groups in total. The number of methoxy groups -OCH3 is 1. The third kappa shape index (κ3) is 3.75. The van der Waals surface area contributed by atoms with Crippen LogP contribution in [0, 0.1) is 5.92 Å². The summed E-state index contributed by atoms with van der Waals surface area (Å²) in [4.78, 5) is 0. The van der Waals surface area contributed by atoms with E-state index >= 15 is 0 Å². The number of hydrogen-bond donors (Lipinski definition) is 1. The Bertz CT molecular complexity index is 396. The molecule has 0 amide bonds. The van der Waals surface area contributed by atoms with Crippen LogP contribution in [0.25, 0.3) is 0 Å². The Hall–Kier alpha value is -1.03. The van der Waals surface area contributed by atoms with Gasteiger partial charge >= 0.3 is 0 Å². The van der Waals surface area contributed by atoms with Crippen LogP contribution in [0.15, 0.2) is 6.20 Å². The average molecular weight is 279 g/mol. The van der Waals surface area contributed by atoms with Gasteiger partial charge in [-0.25, -0.2) is 0 Å². The summed E-state index contributed by atoms with van der Waals surface area (Å²) < 4.78 is 7.44. The predicted octanol–water partition coefficient (Wildman–Crippen LogP) is 3.66. The van der Waals surface area contributed by atoms with Crippen molar-refractivity contribution in [2.75, 3.05) is 7.11 Å². The summed E-state index contributed by atoms with van der Waals surface area (Å²) >= 11 is 0. The monoisotopic (exact) mass is 279 g/mol. The van der Waals surface area contributed by atoms with E-state index in [1.807, 2.05) is 4.68 Å². The zero-order chi connectivity index (χ0) is 14.4. The summed E-state index contributed by atoms with van der Waals surface area (Å²) in [6, 6.07) is 0.0425. The van der Waals surface area contributed by atoms with Crippen LogP contribution in [0.4, 0.5) is 0 Å². The first-order chi connectivity index (χ1) is 9.76. The maximum atomic E-state index is 6.42. The Morgan fingerprint density at radius 3 is 2.80 bits per heavy atom. The smallest absolute Gasteiger partial charge is 0.161 e. The van der Waals surface area contributed by atoms with Gasteiger partial charge in [0.1, 0.15) is 0 Å². The van der Waals surface area contributed by atoms with Crippen LogP contribution in [0.3, 0.4) is 0 Å². The summed E-state index contributed by atoms with van der Waals surface area (Å²) in [7, 11) is 1.70. The summed E-state index contributed by atoms with van der Waals surface area (Å²) in [5.41, 5.74) is 7.50. The van der Waals surface area contributed by atoms with E-state index in [-0.39, 0.29) is 6.04 Å². The summed E-state index contributed by atoms with van der Waals surface area (Å²) in [6.07, 6.45) is 12.1. The quantitative estimate of drug-likeness (QED) is 0.828. The maximum absolute atomic E-state index is 6.42. The Kier molecular flexibility index (Phi) is 5.89. The number of aryl methyl sites for hydroxylation is 1. The molecule has 1 aromatic rings. The molecular weight excluding hydrogens is 250 g/mol. The third-order valence-electron chi connectivity index (χ3n) is 4.46. The minimum absolute atomic E-state index is 0.0425. The molecule has 1 saturated carbocycles. The van der Waals surface area contributed by atoms with Crippen LogP contribution in [-0.2, 0) is 6.54 Å². The van der Waals surface area contributed by atoms with Crippen molar-refractivity contribution < 1.29 is 4.74 Å². The first-order valence-corrected chi connectivity index (χ1v) is 8.11. The standard InChI is InChI=1S/C16H29N3O/c1-3-11-19-16(15(20-2)12-18-19)14(17)10-9-13-7-5-4-6-8-13/h12-14H,3-11,17H2,1-2H3. The van der Waals surface area contributed by atoms with Gasteiger partial charge in [0, 0.05) is 6.54 Å². The fourth-order valence-corrected chi connectivity index (χ4v) is 3.33. The molecule has 0 saturated heterocycles. The summed E-state index contributed by atoms with van der Waals surface area (Å²) in [6.45, 7) is 3.07. The van der Waals surface area contributed by atoms with Gasteiger partial charge in [0.25, 0.3) is 0 Å². The van der Waals surface area contributed by atoms with Gasteiger partial charge in [-0.05, 0) is 25.2 Å². The summed E-state index contributed by atoms with van der Waals surface area (Å²) in [5, 5.41) is 4.40. The number of hydrogen-bond acceptors (Lipinski definition) is 3. The Morgan fingerprint density at radius 2 is 2.15 bits per heavy atom. The molecule has 0 aliphatic heterocycles. The molecule has 4 heteroatoms. The van der Waals surface area contributed by atoms with Crippen LogP contribution < -0.4 is 10.5 Å². The first kappa shape index (κ1) is 15.4. The van der Waals surface area contributed by atoms with Crippen LogP contribution in [-0.4, -0.2) is 16.9 Å². The molecule has 1 aliphatic rings. The Labute approximate surface area is 122 Å². The van der Waals surface area contributed by atoms with Crippen molar-refractivity contribution >= 4 is 0 Å². The van der Waals surface area contributed by atoms with Crippen LogP contribution >= 0.6 is 0 Å². The van der Waals surface area contributed by atoms with Gasteiger partial charge in [-0.3, -0.25) is 4.68 Å². The van der Waals surface area contributed by atoms with Crippen molar-refractivity contribution in [1.82, 2.24) is 9.78 Å². The second-order valence-electron chi connectivity index (χ2n) is 6.01. The minimum atomic E-state index is 0.0425. The van der Waals surface area contributed by atoms with E-state index in [0.29, 0.717) is 0 Å². The molecule has 20 heavy (non-hydrogen) atoms. The van der Waals surface area contributed by atoms with E-state index in [1.165, 1.54) is 38.5 Å². The molecule has 1 unspecified atom stereocenters. The van der Waals surface area contributed by atoms with E-state index in [1.54, 1.807) is 13.3 Å². The van der Waals surface area contributed by atoms with Crippen molar-refractivity contribution in [3.8, 4) is 5.75 Å². The van der Waals surface area contributed by atoms with Crippen molar-refractivity contribution in [3.63, 3.8) is 0 Å². The van der Waals surface area contributed by atoms with Crippen molar-refractivity contribution in [2.45, 2.75) is 70.9 Å². The third-order valence-corrected chi connectivity index (χ3v) is 4.46.